The van der Waals surface area contributed by atoms with E-state index in [1.807, 2.05) is 18.2 Å². The summed E-state index contributed by atoms with van der Waals surface area (Å²) < 4.78 is 13.2. The van der Waals surface area contributed by atoms with Crippen LogP contribution in [0, 0.1) is 0 Å². The van der Waals surface area contributed by atoms with E-state index in [1.165, 1.54) is 27.6 Å². The van der Waals surface area contributed by atoms with E-state index in [0.717, 1.165) is 48.2 Å². The molecular weight excluding hydrogens is 416 g/mol. The molecule has 1 aliphatic rings. The first-order valence-corrected chi connectivity index (χ1v) is 11.2. The van der Waals surface area contributed by atoms with Crippen LogP contribution in [0.25, 0.3) is 10.9 Å². The molecule has 3 aromatic carbocycles. The molecule has 1 aromatic heterocycles. The Morgan fingerprint density at radius 1 is 0.812 bits per heavy atom. The van der Waals surface area contributed by atoms with Crippen LogP contribution in [-0.2, 0) is 19.5 Å². The quantitative estimate of drug-likeness (QED) is 0.372. The number of benzene rings is 3. The average molecular weight is 443 g/mol. The average Bonchev–Trinajstić information content (AvgIpc) is 3.15. The van der Waals surface area contributed by atoms with E-state index in [9.17, 15) is 0 Å². The number of thiocarbonyl (C=S) groups is 1. The third-order valence-corrected chi connectivity index (χ3v) is 6.66. The van der Waals surface area contributed by atoms with Crippen LogP contribution in [0.15, 0.2) is 72.8 Å². The Morgan fingerprint density at radius 3 is 2.22 bits per heavy atom. The van der Waals surface area contributed by atoms with Gasteiger partial charge in [-0.3, -0.25) is 0 Å². The maximum Gasteiger partial charge on any atom is 0.126 e. The van der Waals surface area contributed by atoms with Crippen LogP contribution in [0.2, 0.25) is 0 Å². The lowest BCUT2D eigenvalue weighted by Gasteiger charge is -2.31. The van der Waals surface area contributed by atoms with Gasteiger partial charge in [0, 0.05) is 30.5 Å². The molecule has 0 bridgehead atoms. The van der Waals surface area contributed by atoms with E-state index in [4.69, 9.17) is 21.7 Å². The Hall–Kier alpha value is -3.31. The monoisotopic (exact) mass is 442 g/mol. The predicted octanol–water partition coefficient (Wildman–Crippen LogP) is 5.44. The second-order valence-corrected chi connectivity index (χ2v) is 8.49. The smallest absolute Gasteiger partial charge is 0.126 e. The lowest BCUT2D eigenvalue weighted by molar-refractivity contribution is 0.412. The zero-order valence-corrected chi connectivity index (χ0v) is 19.2. The van der Waals surface area contributed by atoms with Crippen LogP contribution < -0.4 is 9.47 Å². The fourth-order valence-electron chi connectivity index (χ4n) is 4.56. The normalized spacial score (nSPS) is 13.3. The molecule has 162 valence electrons. The second kappa shape index (κ2) is 8.67. The van der Waals surface area contributed by atoms with E-state index in [2.05, 4.69) is 64.1 Å². The van der Waals surface area contributed by atoms with Crippen molar-refractivity contribution in [1.29, 1.82) is 0 Å². The molecule has 4 aromatic rings. The Kier molecular flexibility index (Phi) is 5.58. The van der Waals surface area contributed by atoms with Gasteiger partial charge in [-0.05, 0) is 53.4 Å². The number of methoxy groups -OCH3 is 2. The molecule has 4 nitrogen and oxygen atoms in total. The van der Waals surface area contributed by atoms with Gasteiger partial charge < -0.3 is 18.9 Å². The van der Waals surface area contributed by atoms with Crippen molar-refractivity contribution < 1.29 is 9.47 Å². The zero-order chi connectivity index (χ0) is 22.1. The van der Waals surface area contributed by atoms with Crippen LogP contribution in [-0.4, -0.2) is 35.2 Å². The van der Waals surface area contributed by atoms with Gasteiger partial charge in [-0.25, -0.2) is 0 Å². The summed E-state index contributed by atoms with van der Waals surface area (Å²) in [7, 11) is 3.41. The Balaban J connectivity index is 1.58. The van der Waals surface area contributed by atoms with Gasteiger partial charge in [0.2, 0.25) is 0 Å². The largest absolute Gasteiger partial charge is 0.497 e. The summed E-state index contributed by atoms with van der Waals surface area (Å²) in [6.07, 6.45) is 0.960. The third-order valence-electron chi connectivity index (χ3n) is 6.21. The molecule has 0 amide bonds. The van der Waals surface area contributed by atoms with Gasteiger partial charge in [-0.1, -0.05) is 54.7 Å². The zero-order valence-electron chi connectivity index (χ0n) is 18.4. The Bertz CT molecular complexity index is 1260. The summed E-state index contributed by atoms with van der Waals surface area (Å²) >= 11 is 6.08. The van der Waals surface area contributed by atoms with Crippen molar-refractivity contribution in [3.05, 3.63) is 95.2 Å². The van der Waals surface area contributed by atoms with Gasteiger partial charge in [-0.15, -0.1) is 0 Å². The minimum atomic E-state index is 0.751. The highest BCUT2D eigenvalue weighted by molar-refractivity contribution is 7.80. The number of nitrogens with zero attached hydrogens (tertiary/aromatic N) is 2. The van der Waals surface area contributed by atoms with Crippen LogP contribution >= 0.6 is 12.2 Å². The number of rotatable bonds is 6. The Labute approximate surface area is 194 Å². The molecule has 0 saturated carbocycles. The first kappa shape index (κ1) is 20.6. The van der Waals surface area contributed by atoms with Gasteiger partial charge in [0.1, 0.15) is 16.5 Å². The molecule has 1 aliphatic heterocycles. The van der Waals surface area contributed by atoms with Crippen LogP contribution in [0.1, 0.15) is 22.4 Å². The Morgan fingerprint density at radius 2 is 1.50 bits per heavy atom. The fraction of sp³-hybridized carbons (Fsp3) is 0.222. The third kappa shape index (κ3) is 3.73. The van der Waals surface area contributed by atoms with Crippen molar-refractivity contribution in [2.24, 2.45) is 0 Å². The molecule has 5 heteroatoms. The van der Waals surface area contributed by atoms with Crippen LogP contribution in [0.3, 0.4) is 0 Å². The summed E-state index contributed by atoms with van der Waals surface area (Å²) in [5, 5.41) is 1.23. The van der Waals surface area contributed by atoms with E-state index in [-0.39, 0.29) is 0 Å². The first-order valence-electron chi connectivity index (χ1n) is 10.8. The van der Waals surface area contributed by atoms with Crippen molar-refractivity contribution in [2.45, 2.75) is 19.5 Å². The molecule has 0 saturated heterocycles. The summed E-state index contributed by atoms with van der Waals surface area (Å²) in [6, 6.07) is 25.1. The van der Waals surface area contributed by atoms with Crippen molar-refractivity contribution in [3.63, 3.8) is 0 Å². The maximum atomic E-state index is 6.08. The highest BCUT2D eigenvalue weighted by Gasteiger charge is 2.28. The molecule has 0 spiro atoms. The van der Waals surface area contributed by atoms with Gasteiger partial charge in [0.25, 0.3) is 0 Å². The highest BCUT2D eigenvalue weighted by Crippen LogP contribution is 2.35. The standard InChI is InChI=1S/C27H26N2O2S/c1-30-21-10-8-20(9-11-21)18-29-25-13-12-22(31-2)16-24(25)23-14-15-28(27(32)26(23)29)17-19-6-4-3-5-7-19/h3-13,16H,14-15,17-18H2,1-2H3. The molecule has 2 heterocycles. The maximum absolute atomic E-state index is 6.08. The van der Waals surface area contributed by atoms with E-state index >= 15 is 0 Å². The van der Waals surface area contributed by atoms with E-state index < -0.39 is 0 Å². The van der Waals surface area contributed by atoms with Gasteiger partial charge in [0.15, 0.2) is 0 Å². The number of ether oxygens (including phenoxy) is 2. The topological polar surface area (TPSA) is 26.6 Å². The van der Waals surface area contributed by atoms with E-state index in [0.29, 0.717) is 0 Å². The summed E-state index contributed by atoms with van der Waals surface area (Å²) in [5.74, 6) is 1.74. The van der Waals surface area contributed by atoms with Crippen LogP contribution in [0.5, 0.6) is 11.5 Å². The molecule has 32 heavy (non-hydrogen) atoms. The predicted molar refractivity (Wildman–Crippen MR) is 133 cm³/mol. The summed E-state index contributed by atoms with van der Waals surface area (Å²) in [5.41, 5.74) is 6.15. The summed E-state index contributed by atoms with van der Waals surface area (Å²) in [4.78, 5) is 3.24. The summed E-state index contributed by atoms with van der Waals surface area (Å²) in [6.45, 7) is 2.49. The minimum absolute atomic E-state index is 0.751. The first-order chi connectivity index (χ1) is 15.7. The van der Waals surface area contributed by atoms with Gasteiger partial charge in [-0.2, -0.15) is 0 Å². The minimum Gasteiger partial charge on any atom is -0.497 e. The lowest BCUT2D eigenvalue weighted by Crippen LogP contribution is -2.37. The molecule has 0 N–H and O–H groups in total. The fourth-order valence-corrected chi connectivity index (χ4v) is 4.95. The molecule has 0 unspecified atom stereocenters. The SMILES string of the molecule is COc1ccc(Cn2c3c(c4cc(OC)ccc42)CCN(Cc2ccccc2)C3=S)cc1. The molecule has 0 fully saturated rings. The molecular formula is C27H26N2O2S. The second-order valence-electron chi connectivity index (χ2n) is 8.11. The number of hydrogen-bond acceptors (Lipinski definition) is 3. The molecule has 0 aliphatic carbocycles. The molecule has 0 radical (unpaired) electrons. The van der Waals surface area contributed by atoms with Gasteiger partial charge in [0.05, 0.1) is 19.9 Å². The van der Waals surface area contributed by atoms with Crippen LogP contribution in [0.4, 0.5) is 0 Å². The van der Waals surface area contributed by atoms with Crippen molar-refractivity contribution >= 4 is 28.1 Å². The van der Waals surface area contributed by atoms with Crippen molar-refractivity contribution in [3.8, 4) is 11.5 Å². The molecule has 5 rings (SSSR count). The van der Waals surface area contributed by atoms with Crippen molar-refractivity contribution in [2.75, 3.05) is 20.8 Å². The number of hydrogen-bond donors (Lipinski definition) is 0. The highest BCUT2D eigenvalue weighted by atomic mass is 32.1. The van der Waals surface area contributed by atoms with Crippen molar-refractivity contribution in [1.82, 2.24) is 9.47 Å². The number of fused-ring (bicyclic) bond motifs is 3. The number of aromatic nitrogens is 1. The van der Waals surface area contributed by atoms with Gasteiger partial charge >= 0.3 is 0 Å². The van der Waals surface area contributed by atoms with E-state index in [1.54, 1.807) is 14.2 Å². The lowest BCUT2D eigenvalue weighted by atomic mass is 10.0. The molecule has 0 atom stereocenters.